The minimum absolute atomic E-state index is 0. The number of halogens is 2. The smallest absolute Gasteiger partial charge is 0 e. The summed E-state index contributed by atoms with van der Waals surface area (Å²) < 4.78 is 0. The van der Waals surface area contributed by atoms with E-state index in [1.165, 1.54) is 16.7 Å². The van der Waals surface area contributed by atoms with Crippen molar-refractivity contribution in [1.82, 2.24) is 0 Å². The summed E-state index contributed by atoms with van der Waals surface area (Å²) in [7, 11) is 0. The number of hydrogen-bond acceptors (Lipinski definition) is 0. The topological polar surface area (TPSA) is 0 Å². The SMILES string of the molecule is CC1=[C-]CC(C)=C1C.Cl.Cl.[Hf]. The average Bonchev–Trinajstić information content (AvgIpc) is 1.98. The third kappa shape index (κ3) is 4.49. The molecule has 0 aromatic carbocycles. The molecule has 0 fully saturated rings. The van der Waals surface area contributed by atoms with Crippen molar-refractivity contribution >= 4 is 24.8 Å². The second-order valence-corrected chi connectivity index (χ2v) is 2.38. The normalized spacial score (nSPS) is 14.3. The van der Waals surface area contributed by atoms with Gasteiger partial charge in [0.05, 0.1) is 0 Å². The van der Waals surface area contributed by atoms with Crippen LogP contribution in [0, 0.1) is 6.08 Å². The molecule has 1 rings (SSSR count). The third-order valence-electron chi connectivity index (χ3n) is 1.82. The predicted octanol–water partition coefficient (Wildman–Crippen LogP) is 3.32. The summed E-state index contributed by atoms with van der Waals surface area (Å²) in [4.78, 5) is 0. The Morgan fingerprint density at radius 3 is 1.64 bits per heavy atom. The molecule has 1 aliphatic carbocycles. The molecule has 0 saturated heterocycles. The fourth-order valence-electron chi connectivity index (χ4n) is 0.850. The van der Waals surface area contributed by atoms with Gasteiger partial charge < -0.3 is 0 Å². The van der Waals surface area contributed by atoms with E-state index in [1.54, 1.807) is 0 Å². The first kappa shape index (κ1) is 17.9. The van der Waals surface area contributed by atoms with E-state index >= 15 is 0 Å². The number of hydrogen-bond donors (Lipinski definition) is 0. The van der Waals surface area contributed by atoms with Crippen LogP contribution in [0.2, 0.25) is 0 Å². The molecular formula is C8H13Cl2Hf-. The zero-order chi connectivity index (χ0) is 6.15. The van der Waals surface area contributed by atoms with Gasteiger partial charge >= 0.3 is 0 Å². The van der Waals surface area contributed by atoms with Crippen LogP contribution in [-0.2, 0) is 25.8 Å². The first-order valence-electron chi connectivity index (χ1n) is 2.96. The molecule has 11 heavy (non-hydrogen) atoms. The van der Waals surface area contributed by atoms with E-state index < -0.39 is 0 Å². The summed E-state index contributed by atoms with van der Waals surface area (Å²) in [6.45, 7) is 6.44. The number of rotatable bonds is 0. The fourth-order valence-corrected chi connectivity index (χ4v) is 0.850. The Morgan fingerprint density at radius 2 is 1.55 bits per heavy atom. The Labute approximate surface area is 100 Å². The van der Waals surface area contributed by atoms with Gasteiger partial charge in [0.25, 0.3) is 0 Å². The van der Waals surface area contributed by atoms with Crippen LogP contribution in [0.4, 0.5) is 0 Å². The van der Waals surface area contributed by atoms with Crippen LogP contribution in [0.15, 0.2) is 16.7 Å². The van der Waals surface area contributed by atoms with E-state index in [9.17, 15) is 0 Å². The molecule has 0 atom stereocenters. The van der Waals surface area contributed by atoms with Crippen molar-refractivity contribution < 1.29 is 25.8 Å². The van der Waals surface area contributed by atoms with Gasteiger partial charge in [-0.25, -0.2) is 5.57 Å². The molecular weight excluding hydrogens is 345 g/mol. The quantitative estimate of drug-likeness (QED) is 0.460. The standard InChI is InChI=1S/C8H11.2ClH.Hf/c1-6-4-5-7(2)8(6)3;;;/h4H2,1-3H3;2*1H;/q-1;;;. The Kier molecular flexibility index (Phi) is 12.3. The largest absolute Gasteiger partial charge is 0.269 e. The summed E-state index contributed by atoms with van der Waals surface area (Å²) in [5.74, 6) is 0. The molecule has 0 bridgehead atoms. The van der Waals surface area contributed by atoms with Gasteiger partial charge in [-0.3, -0.25) is 6.08 Å². The molecule has 0 nitrogen and oxygen atoms in total. The zero-order valence-corrected chi connectivity index (χ0v) is 12.2. The van der Waals surface area contributed by atoms with E-state index in [1.807, 2.05) is 0 Å². The molecule has 0 unspecified atom stereocenters. The van der Waals surface area contributed by atoms with Gasteiger partial charge in [0.15, 0.2) is 0 Å². The monoisotopic (exact) mass is 359 g/mol. The Balaban J connectivity index is -0.000000213. The van der Waals surface area contributed by atoms with Crippen molar-refractivity contribution in [2.24, 2.45) is 0 Å². The third-order valence-corrected chi connectivity index (χ3v) is 1.82. The second-order valence-electron chi connectivity index (χ2n) is 2.38. The van der Waals surface area contributed by atoms with Crippen LogP contribution in [0.3, 0.4) is 0 Å². The van der Waals surface area contributed by atoms with Gasteiger partial charge in [0, 0.05) is 25.8 Å². The molecule has 0 saturated carbocycles. The van der Waals surface area contributed by atoms with Crippen LogP contribution >= 0.6 is 24.8 Å². The first-order chi connectivity index (χ1) is 3.72. The zero-order valence-electron chi connectivity index (χ0n) is 7.02. The Hall–Kier alpha value is 0.930. The van der Waals surface area contributed by atoms with Crippen LogP contribution in [-0.4, -0.2) is 0 Å². The van der Waals surface area contributed by atoms with Gasteiger partial charge in [-0.2, -0.15) is 11.1 Å². The summed E-state index contributed by atoms with van der Waals surface area (Å²) in [6, 6.07) is 0. The predicted molar refractivity (Wildman–Crippen MR) is 49.9 cm³/mol. The minimum Gasteiger partial charge on any atom is -0.269 e. The van der Waals surface area contributed by atoms with Gasteiger partial charge in [0.1, 0.15) is 0 Å². The van der Waals surface area contributed by atoms with Crippen molar-refractivity contribution in [3.8, 4) is 0 Å². The van der Waals surface area contributed by atoms with E-state index in [0.717, 1.165) is 6.42 Å². The number of allylic oxidation sites excluding steroid dienone is 4. The molecule has 0 aliphatic heterocycles. The summed E-state index contributed by atoms with van der Waals surface area (Å²) in [5.41, 5.74) is 4.25. The molecule has 0 aromatic heterocycles. The molecule has 0 heterocycles. The summed E-state index contributed by atoms with van der Waals surface area (Å²) in [6.07, 6.45) is 4.31. The second kappa shape index (κ2) is 7.57. The average molecular weight is 359 g/mol. The van der Waals surface area contributed by atoms with Crippen molar-refractivity contribution in [3.05, 3.63) is 22.8 Å². The molecule has 0 aromatic rings. The maximum Gasteiger partial charge on any atom is 0 e. The molecule has 0 amide bonds. The van der Waals surface area contributed by atoms with Crippen LogP contribution in [0.5, 0.6) is 0 Å². The van der Waals surface area contributed by atoms with E-state index in [2.05, 4.69) is 26.8 Å². The summed E-state index contributed by atoms with van der Waals surface area (Å²) in [5, 5.41) is 0. The minimum atomic E-state index is 0. The summed E-state index contributed by atoms with van der Waals surface area (Å²) >= 11 is 0. The first-order valence-corrected chi connectivity index (χ1v) is 2.96. The Bertz CT molecular complexity index is 165. The maximum atomic E-state index is 3.26. The van der Waals surface area contributed by atoms with Crippen LogP contribution in [0.1, 0.15) is 27.2 Å². The van der Waals surface area contributed by atoms with Crippen molar-refractivity contribution in [2.75, 3.05) is 0 Å². The van der Waals surface area contributed by atoms with Gasteiger partial charge in [0.2, 0.25) is 0 Å². The van der Waals surface area contributed by atoms with Crippen LogP contribution < -0.4 is 0 Å². The van der Waals surface area contributed by atoms with Crippen LogP contribution in [0.25, 0.3) is 0 Å². The van der Waals surface area contributed by atoms with Crippen molar-refractivity contribution in [1.29, 1.82) is 0 Å². The van der Waals surface area contributed by atoms with E-state index in [0.29, 0.717) is 0 Å². The maximum absolute atomic E-state index is 3.26. The van der Waals surface area contributed by atoms with E-state index in [-0.39, 0.29) is 50.7 Å². The van der Waals surface area contributed by atoms with Gasteiger partial charge in [-0.15, -0.1) is 38.2 Å². The van der Waals surface area contributed by atoms with Crippen molar-refractivity contribution in [2.45, 2.75) is 27.2 Å². The molecule has 0 radical (unpaired) electrons. The molecule has 0 spiro atoms. The van der Waals surface area contributed by atoms with E-state index in [4.69, 9.17) is 0 Å². The molecule has 64 valence electrons. The van der Waals surface area contributed by atoms with Gasteiger partial charge in [-0.1, -0.05) is 13.8 Å². The molecule has 3 heteroatoms. The van der Waals surface area contributed by atoms with Gasteiger partial charge in [-0.05, 0) is 0 Å². The van der Waals surface area contributed by atoms with Crippen molar-refractivity contribution in [3.63, 3.8) is 0 Å². The molecule has 1 aliphatic rings. The fraction of sp³-hybridized carbons (Fsp3) is 0.500. The molecule has 0 N–H and O–H groups in total. The Morgan fingerprint density at radius 1 is 1.09 bits per heavy atom.